The number of thioether (sulfide) groups is 1. The summed E-state index contributed by atoms with van der Waals surface area (Å²) in [7, 11) is 0. The summed E-state index contributed by atoms with van der Waals surface area (Å²) in [6.45, 7) is 0. The number of hydrogen-bond donors (Lipinski definition) is 0. The lowest BCUT2D eigenvalue weighted by Gasteiger charge is -2.36. The third-order valence-electron chi connectivity index (χ3n) is 5.70. The van der Waals surface area contributed by atoms with E-state index in [4.69, 9.17) is 5.10 Å². The average Bonchev–Trinajstić information content (AvgIpc) is 3.35. The molecule has 33 heavy (non-hydrogen) atoms. The second-order valence-electron chi connectivity index (χ2n) is 7.68. The standard InChI is InChI=1S/C29H22N2OS/c32-28(23-13-5-1-6-14-23)33-27-21-30-31(22-27)29(24-15-7-2-8-16-24,25-17-9-3-10-18-25)26-19-11-4-12-20-26/h1-22H. The van der Waals surface area contributed by atoms with Crippen LogP contribution in [0.5, 0.6) is 0 Å². The molecule has 0 unspecified atom stereocenters. The lowest BCUT2D eigenvalue weighted by molar-refractivity contribution is 0.108. The van der Waals surface area contributed by atoms with Gasteiger partial charge in [0, 0.05) is 11.8 Å². The summed E-state index contributed by atoms with van der Waals surface area (Å²) >= 11 is 1.20. The van der Waals surface area contributed by atoms with Crippen LogP contribution in [0.2, 0.25) is 0 Å². The van der Waals surface area contributed by atoms with Crippen LogP contribution in [0.4, 0.5) is 0 Å². The van der Waals surface area contributed by atoms with Crippen molar-refractivity contribution in [3.05, 3.63) is 156 Å². The van der Waals surface area contributed by atoms with E-state index >= 15 is 0 Å². The molecule has 0 aliphatic carbocycles. The zero-order chi connectivity index (χ0) is 22.5. The predicted octanol–water partition coefficient (Wildman–Crippen LogP) is 6.66. The Morgan fingerprint density at radius 3 is 1.52 bits per heavy atom. The van der Waals surface area contributed by atoms with Gasteiger partial charge in [-0.3, -0.25) is 9.48 Å². The molecule has 0 atom stereocenters. The lowest BCUT2D eigenvalue weighted by Crippen LogP contribution is -2.38. The molecule has 0 radical (unpaired) electrons. The third kappa shape index (κ3) is 4.01. The molecular formula is C29H22N2OS. The van der Waals surface area contributed by atoms with Crippen molar-refractivity contribution >= 4 is 16.9 Å². The van der Waals surface area contributed by atoms with E-state index < -0.39 is 5.54 Å². The van der Waals surface area contributed by atoms with Crippen molar-refractivity contribution in [2.75, 3.05) is 0 Å². The molecule has 5 aromatic rings. The number of carbonyl (C=O) groups is 1. The van der Waals surface area contributed by atoms with Gasteiger partial charge in [0.2, 0.25) is 5.12 Å². The first-order valence-electron chi connectivity index (χ1n) is 10.8. The van der Waals surface area contributed by atoms with Crippen LogP contribution in [0, 0.1) is 0 Å². The monoisotopic (exact) mass is 446 g/mol. The molecule has 4 heteroatoms. The SMILES string of the molecule is O=C(Sc1cnn(C(c2ccccc2)(c2ccccc2)c2ccccc2)c1)c1ccccc1. The van der Waals surface area contributed by atoms with Gasteiger partial charge in [-0.1, -0.05) is 121 Å². The van der Waals surface area contributed by atoms with Crippen LogP contribution in [-0.2, 0) is 5.54 Å². The predicted molar refractivity (Wildman–Crippen MR) is 133 cm³/mol. The van der Waals surface area contributed by atoms with E-state index in [1.807, 2.05) is 95.8 Å². The molecule has 0 bridgehead atoms. The van der Waals surface area contributed by atoms with E-state index in [0.717, 1.165) is 21.6 Å². The average molecular weight is 447 g/mol. The van der Waals surface area contributed by atoms with Crippen molar-refractivity contribution in [1.29, 1.82) is 0 Å². The number of carbonyl (C=O) groups excluding carboxylic acids is 1. The van der Waals surface area contributed by atoms with Crippen LogP contribution in [-0.4, -0.2) is 14.9 Å². The molecule has 5 rings (SSSR count). The van der Waals surface area contributed by atoms with Gasteiger partial charge in [0.1, 0.15) is 5.54 Å². The van der Waals surface area contributed by atoms with Gasteiger partial charge < -0.3 is 0 Å². The number of benzene rings is 4. The second-order valence-corrected chi connectivity index (χ2v) is 8.73. The summed E-state index contributed by atoms with van der Waals surface area (Å²) in [5.74, 6) is 0. The second kappa shape index (κ2) is 9.31. The Labute approximate surface area is 197 Å². The van der Waals surface area contributed by atoms with E-state index in [2.05, 4.69) is 36.4 Å². The molecular weight excluding hydrogens is 424 g/mol. The first-order chi connectivity index (χ1) is 16.3. The minimum Gasteiger partial charge on any atom is -0.281 e. The van der Waals surface area contributed by atoms with Gasteiger partial charge in [0.25, 0.3) is 0 Å². The van der Waals surface area contributed by atoms with Crippen molar-refractivity contribution in [3.63, 3.8) is 0 Å². The summed E-state index contributed by atoms with van der Waals surface area (Å²) in [4.78, 5) is 13.6. The summed E-state index contributed by atoms with van der Waals surface area (Å²) in [5.41, 5.74) is 3.28. The maximum absolute atomic E-state index is 12.8. The van der Waals surface area contributed by atoms with Crippen molar-refractivity contribution in [2.24, 2.45) is 0 Å². The number of aromatic nitrogens is 2. The smallest absolute Gasteiger partial charge is 0.224 e. The molecule has 1 aromatic heterocycles. The fourth-order valence-corrected chi connectivity index (χ4v) is 4.94. The molecule has 160 valence electrons. The van der Waals surface area contributed by atoms with Crippen LogP contribution < -0.4 is 0 Å². The molecule has 0 saturated carbocycles. The molecule has 1 heterocycles. The maximum atomic E-state index is 12.8. The molecule has 4 aromatic carbocycles. The van der Waals surface area contributed by atoms with Crippen molar-refractivity contribution in [2.45, 2.75) is 10.4 Å². The van der Waals surface area contributed by atoms with Crippen LogP contribution in [0.3, 0.4) is 0 Å². The zero-order valence-electron chi connectivity index (χ0n) is 17.9. The first kappa shape index (κ1) is 21.0. The highest BCUT2D eigenvalue weighted by molar-refractivity contribution is 8.14. The maximum Gasteiger partial charge on any atom is 0.224 e. The van der Waals surface area contributed by atoms with Crippen molar-refractivity contribution < 1.29 is 4.79 Å². The highest BCUT2D eigenvalue weighted by Crippen LogP contribution is 2.41. The third-order valence-corrected chi connectivity index (χ3v) is 6.56. The van der Waals surface area contributed by atoms with Crippen LogP contribution in [0.1, 0.15) is 27.0 Å². The van der Waals surface area contributed by atoms with E-state index in [9.17, 15) is 4.79 Å². The van der Waals surface area contributed by atoms with Crippen molar-refractivity contribution in [1.82, 2.24) is 9.78 Å². The van der Waals surface area contributed by atoms with Gasteiger partial charge in [-0.25, -0.2) is 0 Å². The topological polar surface area (TPSA) is 34.9 Å². The Morgan fingerprint density at radius 1 is 0.636 bits per heavy atom. The van der Waals surface area contributed by atoms with Crippen LogP contribution in [0.15, 0.2) is 139 Å². The summed E-state index contributed by atoms with van der Waals surface area (Å²) < 4.78 is 1.98. The molecule has 0 N–H and O–H groups in total. The van der Waals surface area contributed by atoms with Gasteiger partial charge >= 0.3 is 0 Å². The Morgan fingerprint density at radius 2 is 1.06 bits per heavy atom. The van der Waals surface area contributed by atoms with E-state index in [0.29, 0.717) is 5.56 Å². The molecule has 0 aliphatic heterocycles. The van der Waals surface area contributed by atoms with Gasteiger partial charge in [-0.15, -0.1) is 0 Å². The van der Waals surface area contributed by atoms with Crippen LogP contribution in [0.25, 0.3) is 0 Å². The highest BCUT2D eigenvalue weighted by atomic mass is 32.2. The van der Waals surface area contributed by atoms with Gasteiger partial charge in [-0.05, 0) is 28.5 Å². The minimum absolute atomic E-state index is 0.000108. The zero-order valence-corrected chi connectivity index (χ0v) is 18.7. The van der Waals surface area contributed by atoms with E-state index in [1.165, 1.54) is 11.8 Å². The van der Waals surface area contributed by atoms with Gasteiger partial charge in [0.15, 0.2) is 0 Å². The number of hydrogen-bond acceptors (Lipinski definition) is 3. The van der Waals surface area contributed by atoms with Crippen LogP contribution >= 0.6 is 11.8 Å². The molecule has 0 amide bonds. The number of nitrogens with zero attached hydrogens (tertiary/aromatic N) is 2. The number of rotatable bonds is 6. The molecule has 3 nitrogen and oxygen atoms in total. The Balaban J connectivity index is 1.67. The highest BCUT2D eigenvalue weighted by Gasteiger charge is 2.39. The van der Waals surface area contributed by atoms with E-state index in [-0.39, 0.29) is 5.12 Å². The quantitative estimate of drug-likeness (QED) is 0.216. The summed E-state index contributed by atoms with van der Waals surface area (Å²) in [6.07, 6.45) is 3.74. The van der Waals surface area contributed by atoms with Gasteiger partial charge in [-0.2, -0.15) is 5.10 Å². The Kier molecular flexibility index (Phi) is 5.92. The van der Waals surface area contributed by atoms with E-state index in [1.54, 1.807) is 6.20 Å². The largest absolute Gasteiger partial charge is 0.281 e. The summed E-state index contributed by atoms with van der Waals surface area (Å²) in [5, 5.41) is 4.81. The normalized spacial score (nSPS) is 11.3. The van der Waals surface area contributed by atoms with Crippen molar-refractivity contribution in [3.8, 4) is 0 Å². The molecule has 0 spiro atoms. The van der Waals surface area contributed by atoms with Gasteiger partial charge in [0.05, 0.1) is 11.1 Å². The molecule has 0 aliphatic rings. The Hall–Kier alpha value is -3.89. The first-order valence-corrected chi connectivity index (χ1v) is 11.6. The lowest BCUT2D eigenvalue weighted by atomic mass is 9.77. The summed E-state index contributed by atoms with van der Waals surface area (Å²) in [6, 6.07) is 40.5. The fraction of sp³-hybridized carbons (Fsp3) is 0.0345. The molecule has 0 saturated heterocycles. The Bertz CT molecular complexity index is 1240. The minimum atomic E-state index is -0.682. The fourth-order valence-electron chi connectivity index (χ4n) is 4.22. The molecule has 0 fully saturated rings.